The summed E-state index contributed by atoms with van der Waals surface area (Å²) in [6.45, 7) is 3.46. The zero-order chi connectivity index (χ0) is 14.7. The van der Waals surface area contributed by atoms with Gasteiger partial charge in [-0.15, -0.1) is 5.10 Å². The molecule has 1 N–H and O–H groups in total. The van der Waals surface area contributed by atoms with Crippen LogP contribution in [0.5, 0.6) is 0 Å². The summed E-state index contributed by atoms with van der Waals surface area (Å²) in [6, 6.07) is 0.361. The van der Waals surface area contributed by atoms with Crippen molar-refractivity contribution in [3.05, 3.63) is 11.9 Å². The van der Waals surface area contributed by atoms with Gasteiger partial charge in [0.05, 0.1) is 18.3 Å². The summed E-state index contributed by atoms with van der Waals surface area (Å²) in [4.78, 5) is 14.3. The topological polar surface area (TPSA) is 72.3 Å². The number of nitrogens with zero attached hydrogens (tertiary/aromatic N) is 4. The Kier molecular flexibility index (Phi) is 4.50. The molecule has 0 atom stereocenters. The quantitative estimate of drug-likeness (QED) is 0.876. The Labute approximate surface area is 124 Å². The molecular formula is C14H23N5O2. The molecule has 1 amide bonds. The van der Waals surface area contributed by atoms with E-state index in [0.717, 1.165) is 51.9 Å². The van der Waals surface area contributed by atoms with Crippen LogP contribution in [0.15, 0.2) is 6.20 Å². The highest BCUT2D eigenvalue weighted by atomic mass is 16.5. The molecule has 2 aliphatic heterocycles. The second-order valence-corrected chi connectivity index (χ2v) is 5.79. The van der Waals surface area contributed by atoms with Gasteiger partial charge in [-0.2, -0.15) is 0 Å². The molecule has 1 aromatic rings. The standard InChI is InChI=1S/C14H23N5O2/c1-21-12-4-8-18(9-5-12)14(20)13-10-19(17-16-13)11-2-6-15-7-3-11/h10-12,15H,2-9H2,1H3. The second-order valence-electron chi connectivity index (χ2n) is 5.79. The van der Waals surface area contributed by atoms with E-state index in [1.807, 2.05) is 9.58 Å². The Hall–Kier alpha value is -1.47. The Bertz CT molecular complexity index is 475. The Morgan fingerprint density at radius 2 is 2.00 bits per heavy atom. The predicted octanol–water partition coefficient (Wildman–Crippen LogP) is 0.454. The summed E-state index contributed by atoms with van der Waals surface area (Å²) < 4.78 is 7.19. The van der Waals surface area contributed by atoms with E-state index >= 15 is 0 Å². The lowest BCUT2D eigenvalue weighted by atomic mass is 10.1. The van der Waals surface area contributed by atoms with Crippen LogP contribution in [-0.2, 0) is 4.74 Å². The van der Waals surface area contributed by atoms with E-state index in [4.69, 9.17) is 4.74 Å². The van der Waals surface area contributed by atoms with E-state index in [0.29, 0.717) is 11.7 Å². The molecule has 2 fully saturated rings. The van der Waals surface area contributed by atoms with Crippen LogP contribution < -0.4 is 5.32 Å². The molecule has 0 saturated carbocycles. The molecule has 7 heteroatoms. The monoisotopic (exact) mass is 293 g/mol. The number of rotatable bonds is 3. The van der Waals surface area contributed by atoms with Gasteiger partial charge in [-0.05, 0) is 38.8 Å². The van der Waals surface area contributed by atoms with Crippen molar-refractivity contribution in [1.29, 1.82) is 0 Å². The van der Waals surface area contributed by atoms with Gasteiger partial charge in [0.15, 0.2) is 5.69 Å². The summed E-state index contributed by atoms with van der Waals surface area (Å²) in [5.41, 5.74) is 0.462. The average molecular weight is 293 g/mol. The van der Waals surface area contributed by atoms with Gasteiger partial charge in [0.1, 0.15) is 0 Å². The minimum absolute atomic E-state index is 0.00950. The number of nitrogens with one attached hydrogen (secondary N) is 1. The minimum Gasteiger partial charge on any atom is -0.381 e. The van der Waals surface area contributed by atoms with Gasteiger partial charge >= 0.3 is 0 Å². The fraction of sp³-hybridized carbons (Fsp3) is 0.786. The minimum atomic E-state index is -0.00950. The molecule has 0 unspecified atom stereocenters. The highest BCUT2D eigenvalue weighted by Crippen LogP contribution is 2.19. The van der Waals surface area contributed by atoms with Gasteiger partial charge in [0, 0.05) is 20.2 Å². The maximum atomic E-state index is 12.4. The smallest absolute Gasteiger partial charge is 0.276 e. The molecule has 0 aliphatic carbocycles. The van der Waals surface area contributed by atoms with Crippen LogP contribution >= 0.6 is 0 Å². The van der Waals surface area contributed by atoms with Crippen molar-refractivity contribution >= 4 is 5.91 Å². The van der Waals surface area contributed by atoms with Crippen molar-refractivity contribution in [2.24, 2.45) is 0 Å². The summed E-state index contributed by atoms with van der Waals surface area (Å²) in [5.74, 6) is -0.00950. The van der Waals surface area contributed by atoms with Crippen molar-refractivity contribution in [2.45, 2.75) is 37.8 Å². The van der Waals surface area contributed by atoms with Gasteiger partial charge in [-0.25, -0.2) is 4.68 Å². The van der Waals surface area contributed by atoms with Gasteiger partial charge in [0.2, 0.25) is 0 Å². The SMILES string of the molecule is COC1CCN(C(=O)c2cn(C3CCNCC3)nn2)CC1. The summed E-state index contributed by atoms with van der Waals surface area (Å²) in [6.07, 6.45) is 5.95. The maximum absolute atomic E-state index is 12.4. The molecule has 2 aliphatic rings. The van der Waals surface area contributed by atoms with E-state index in [1.165, 1.54) is 0 Å². The highest BCUT2D eigenvalue weighted by Gasteiger charge is 2.26. The van der Waals surface area contributed by atoms with Crippen LogP contribution in [0.1, 0.15) is 42.2 Å². The van der Waals surface area contributed by atoms with Crippen molar-refractivity contribution in [2.75, 3.05) is 33.3 Å². The molecule has 3 heterocycles. The molecule has 3 rings (SSSR count). The number of piperidine rings is 2. The number of hydrogen-bond donors (Lipinski definition) is 1. The largest absolute Gasteiger partial charge is 0.381 e. The number of ether oxygens (including phenoxy) is 1. The summed E-state index contributed by atoms with van der Waals surface area (Å²) in [7, 11) is 1.73. The molecule has 116 valence electrons. The summed E-state index contributed by atoms with van der Waals surface area (Å²) >= 11 is 0. The predicted molar refractivity (Wildman–Crippen MR) is 77.1 cm³/mol. The molecule has 1 aromatic heterocycles. The average Bonchev–Trinajstić information content (AvgIpc) is 3.05. The number of methoxy groups -OCH3 is 1. The Balaban J connectivity index is 1.61. The number of aromatic nitrogens is 3. The van der Waals surface area contributed by atoms with E-state index in [2.05, 4.69) is 15.6 Å². The normalized spacial score (nSPS) is 21.7. The van der Waals surface area contributed by atoms with Crippen molar-refractivity contribution in [3.63, 3.8) is 0 Å². The van der Waals surface area contributed by atoms with E-state index in [-0.39, 0.29) is 12.0 Å². The molecule has 0 aromatic carbocycles. The lowest BCUT2D eigenvalue weighted by Crippen LogP contribution is -2.40. The molecule has 21 heavy (non-hydrogen) atoms. The highest BCUT2D eigenvalue weighted by molar-refractivity contribution is 5.92. The van der Waals surface area contributed by atoms with Crippen LogP contribution in [0, 0.1) is 0 Å². The van der Waals surface area contributed by atoms with Crippen LogP contribution in [0.4, 0.5) is 0 Å². The Morgan fingerprint density at radius 3 is 2.67 bits per heavy atom. The molecular weight excluding hydrogens is 270 g/mol. The van der Waals surface area contributed by atoms with Crippen LogP contribution in [0.2, 0.25) is 0 Å². The van der Waals surface area contributed by atoms with E-state index in [9.17, 15) is 4.79 Å². The molecule has 2 saturated heterocycles. The van der Waals surface area contributed by atoms with Crippen LogP contribution in [-0.4, -0.2) is 65.2 Å². The van der Waals surface area contributed by atoms with Crippen molar-refractivity contribution in [3.8, 4) is 0 Å². The van der Waals surface area contributed by atoms with Crippen molar-refractivity contribution in [1.82, 2.24) is 25.2 Å². The first-order valence-electron chi connectivity index (χ1n) is 7.72. The van der Waals surface area contributed by atoms with Crippen LogP contribution in [0.25, 0.3) is 0 Å². The molecule has 0 radical (unpaired) electrons. The zero-order valence-corrected chi connectivity index (χ0v) is 12.5. The lowest BCUT2D eigenvalue weighted by molar-refractivity contribution is 0.0347. The fourth-order valence-electron chi connectivity index (χ4n) is 3.08. The third-order valence-corrected chi connectivity index (χ3v) is 4.47. The van der Waals surface area contributed by atoms with Gasteiger partial charge in [-0.3, -0.25) is 4.79 Å². The molecule has 0 spiro atoms. The van der Waals surface area contributed by atoms with Gasteiger partial charge in [0.25, 0.3) is 5.91 Å². The number of hydrogen-bond acceptors (Lipinski definition) is 5. The van der Waals surface area contributed by atoms with Gasteiger partial charge in [-0.1, -0.05) is 5.21 Å². The fourth-order valence-corrected chi connectivity index (χ4v) is 3.08. The Morgan fingerprint density at radius 1 is 1.29 bits per heavy atom. The first kappa shape index (κ1) is 14.5. The maximum Gasteiger partial charge on any atom is 0.276 e. The number of likely N-dealkylation sites (tertiary alicyclic amines) is 1. The van der Waals surface area contributed by atoms with E-state index < -0.39 is 0 Å². The first-order valence-corrected chi connectivity index (χ1v) is 7.72. The third kappa shape index (κ3) is 3.24. The number of amides is 1. The second kappa shape index (κ2) is 6.53. The van der Waals surface area contributed by atoms with E-state index in [1.54, 1.807) is 13.3 Å². The molecule has 0 bridgehead atoms. The zero-order valence-electron chi connectivity index (χ0n) is 12.5. The summed E-state index contributed by atoms with van der Waals surface area (Å²) in [5, 5.41) is 11.6. The first-order chi connectivity index (χ1) is 10.3. The third-order valence-electron chi connectivity index (χ3n) is 4.47. The van der Waals surface area contributed by atoms with Gasteiger partial charge < -0.3 is 15.0 Å². The van der Waals surface area contributed by atoms with Crippen molar-refractivity contribution < 1.29 is 9.53 Å². The van der Waals surface area contributed by atoms with Crippen LogP contribution in [0.3, 0.4) is 0 Å². The molecule has 7 nitrogen and oxygen atoms in total. The lowest BCUT2D eigenvalue weighted by Gasteiger charge is -2.30. The number of carbonyl (C=O) groups excluding carboxylic acids is 1. The number of carbonyl (C=O) groups is 1.